The minimum absolute atomic E-state index is 0.123. The molecule has 0 unspecified atom stereocenters. The maximum atomic E-state index is 14.1. The number of nitrogens with zero attached hydrogens (tertiary/aromatic N) is 2. The SMILES string of the molecule is Cc1ccccc1C1(CC(=O)c2c(C)nc3c(OCc4c(F)cccc4F)cccn23)COC(C)(C)OC1. The zero-order chi connectivity index (χ0) is 27.1. The zero-order valence-corrected chi connectivity index (χ0v) is 21.9. The smallest absolute Gasteiger partial charge is 0.182 e. The summed E-state index contributed by atoms with van der Waals surface area (Å²) in [6.07, 6.45) is 1.88. The first-order chi connectivity index (χ1) is 18.1. The summed E-state index contributed by atoms with van der Waals surface area (Å²) in [4.78, 5) is 18.5. The van der Waals surface area contributed by atoms with Crippen molar-refractivity contribution in [2.45, 2.75) is 51.9 Å². The van der Waals surface area contributed by atoms with E-state index in [1.165, 1.54) is 18.2 Å². The Labute approximate surface area is 220 Å². The van der Waals surface area contributed by atoms with E-state index < -0.39 is 22.8 Å². The predicted octanol–water partition coefficient (Wildman–Crippen LogP) is 6.10. The fourth-order valence-corrected chi connectivity index (χ4v) is 5.04. The van der Waals surface area contributed by atoms with Crippen LogP contribution in [0.5, 0.6) is 5.75 Å². The number of halogens is 2. The molecule has 2 aromatic heterocycles. The molecular formula is C30H30F2N2O4. The van der Waals surface area contributed by atoms with Gasteiger partial charge in [-0.15, -0.1) is 0 Å². The van der Waals surface area contributed by atoms with Crippen LogP contribution in [0.15, 0.2) is 60.8 Å². The largest absolute Gasteiger partial charge is 0.485 e. The standard InChI is InChI=1S/C30H30F2N2O4/c1-19-9-5-6-10-22(19)30(17-37-29(3,4)38-18-30)15-25(35)27-20(2)33-28-26(13-8-14-34(27)28)36-16-21-23(31)11-7-12-24(21)32/h5-14H,15-18H2,1-4H3. The topological polar surface area (TPSA) is 62.1 Å². The first-order valence-electron chi connectivity index (χ1n) is 12.5. The van der Waals surface area contributed by atoms with E-state index in [4.69, 9.17) is 14.2 Å². The normalized spacial score (nSPS) is 16.5. The molecule has 0 saturated carbocycles. The molecule has 2 aromatic carbocycles. The van der Waals surface area contributed by atoms with E-state index >= 15 is 0 Å². The van der Waals surface area contributed by atoms with Gasteiger partial charge in [-0.05, 0) is 63.1 Å². The number of carbonyl (C=O) groups is 1. The number of hydrogen-bond acceptors (Lipinski definition) is 5. The number of hydrogen-bond donors (Lipinski definition) is 0. The highest BCUT2D eigenvalue weighted by Crippen LogP contribution is 2.39. The van der Waals surface area contributed by atoms with Gasteiger partial charge in [-0.25, -0.2) is 13.8 Å². The highest BCUT2D eigenvalue weighted by Gasteiger charge is 2.44. The number of ether oxygens (including phenoxy) is 3. The molecule has 0 atom stereocenters. The number of rotatable bonds is 7. The average molecular weight is 521 g/mol. The van der Waals surface area contributed by atoms with Crippen LogP contribution in [0.25, 0.3) is 5.65 Å². The molecular weight excluding hydrogens is 490 g/mol. The average Bonchev–Trinajstić information content (AvgIpc) is 3.22. The minimum atomic E-state index is -0.738. The number of Topliss-reactive ketones (excluding diaryl/α,β-unsaturated/α-hetero) is 1. The fraction of sp³-hybridized carbons (Fsp3) is 0.333. The predicted molar refractivity (Wildman–Crippen MR) is 138 cm³/mol. The summed E-state index contributed by atoms with van der Waals surface area (Å²) in [5, 5.41) is 0. The van der Waals surface area contributed by atoms with Crippen molar-refractivity contribution in [3.63, 3.8) is 0 Å². The Bertz CT molecular complexity index is 1480. The van der Waals surface area contributed by atoms with Crippen molar-refractivity contribution in [1.82, 2.24) is 9.38 Å². The van der Waals surface area contributed by atoms with Crippen molar-refractivity contribution in [3.05, 3.63) is 101 Å². The monoisotopic (exact) mass is 520 g/mol. The summed E-state index contributed by atoms with van der Waals surface area (Å²) in [6.45, 7) is 7.85. The van der Waals surface area contributed by atoms with Gasteiger partial charge in [0.05, 0.1) is 24.5 Å². The second-order valence-corrected chi connectivity index (χ2v) is 10.3. The quantitative estimate of drug-likeness (QED) is 0.276. The van der Waals surface area contributed by atoms with Crippen LogP contribution in [-0.4, -0.2) is 34.2 Å². The van der Waals surface area contributed by atoms with Crippen molar-refractivity contribution in [2.75, 3.05) is 13.2 Å². The van der Waals surface area contributed by atoms with Gasteiger partial charge in [-0.1, -0.05) is 30.3 Å². The molecule has 0 aliphatic carbocycles. The Hall–Kier alpha value is -3.62. The van der Waals surface area contributed by atoms with Crippen LogP contribution in [0.4, 0.5) is 8.78 Å². The lowest BCUT2D eigenvalue weighted by molar-refractivity contribution is -0.269. The van der Waals surface area contributed by atoms with Gasteiger partial charge in [0, 0.05) is 18.0 Å². The van der Waals surface area contributed by atoms with E-state index in [-0.39, 0.29) is 24.4 Å². The number of fused-ring (bicyclic) bond motifs is 1. The summed E-state index contributed by atoms with van der Waals surface area (Å²) < 4.78 is 47.8. The van der Waals surface area contributed by atoms with Gasteiger partial charge in [-0.3, -0.25) is 9.20 Å². The van der Waals surface area contributed by atoms with Crippen molar-refractivity contribution in [2.24, 2.45) is 0 Å². The summed E-state index contributed by atoms with van der Waals surface area (Å²) in [5.41, 5.74) is 2.55. The number of ketones is 1. The maximum Gasteiger partial charge on any atom is 0.182 e. The summed E-state index contributed by atoms with van der Waals surface area (Å²) in [5.74, 6) is -1.92. The molecule has 0 amide bonds. The summed E-state index contributed by atoms with van der Waals surface area (Å²) >= 11 is 0. The Morgan fingerprint density at radius 3 is 2.37 bits per heavy atom. The van der Waals surface area contributed by atoms with Gasteiger partial charge in [0.15, 0.2) is 23.0 Å². The van der Waals surface area contributed by atoms with Gasteiger partial charge >= 0.3 is 0 Å². The molecule has 4 aromatic rings. The van der Waals surface area contributed by atoms with Crippen LogP contribution < -0.4 is 4.74 Å². The van der Waals surface area contributed by atoms with E-state index in [0.717, 1.165) is 11.1 Å². The second-order valence-electron chi connectivity index (χ2n) is 10.3. The first kappa shape index (κ1) is 26.0. The number of pyridine rings is 1. The molecule has 198 valence electrons. The maximum absolute atomic E-state index is 14.1. The van der Waals surface area contributed by atoms with Gasteiger partial charge in [0.25, 0.3) is 0 Å². The van der Waals surface area contributed by atoms with Crippen molar-refractivity contribution in [3.8, 4) is 5.75 Å². The molecule has 5 rings (SSSR count). The third kappa shape index (κ3) is 4.81. The number of aryl methyl sites for hydroxylation is 2. The first-order valence-corrected chi connectivity index (χ1v) is 12.5. The third-order valence-electron chi connectivity index (χ3n) is 7.09. The molecule has 1 saturated heterocycles. The minimum Gasteiger partial charge on any atom is -0.485 e. The van der Waals surface area contributed by atoms with E-state index in [9.17, 15) is 13.6 Å². The highest BCUT2D eigenvalue weighted by molar-refractivity contribution is 5.97. The lowest BCUT2D eigenvalue weighted by Gasteiger charge is -2.44. The highest BCUT2D eigenvalue weighted by atomic mass is 19.1. The van der Waals surface area contributed by atoms with Gasteiger partial charge in [0.1, 0.15) is 23.9 Å². The fourth-order valence-electron chi connectivity index (χ4n) is 5.04. The van der Waals surface area contributed by atoms with Crippen LogP contribution in [0.3, 0.4) is 0 Å². The molecule has 0 N–H and O–H groups in total. The molecule has 1 fully saturated rings. The van der Waals surface area contributed by atoms with E-state index in [1.807, 2.05) is 45.0 Å². The second kappa shape index (κ2) is 9.93. The molecule has 6 nitrogen and oxygen atoms in total. The van der Waals surface area contributed by atoms with E-state index in [0.29, 0.717) is 36.0 Å². The Morgan fingerprint density at radius 2 is 1.68 bits per heavy atom. The van der Waals surface area contributed by atoms with Gasteiger partial charge < -0.3 is 14.2 Å². The molecule has 1 aliphatic rings. The summed E-state index contributed by atoms with van der Waals surface area (Å²) in [7, 11) is 0. The van der Waals surface area contributed by atoms with E-state index in [2.05, 4.69) is 4.98 Å². The molecule has 0 radical (unpaired) electrons. The number of benzene rings is 2. The summed E-state index contributed by atoms with van der Waals surface area (Å²) in [6, 6.07) is 15.0. The molecule has 0 spiro atoms. The van der Waals surface area contributed by atoms with Crippen LogP contribution >= 0.6 is 0 Å². The molecule has 0 bridgehead atoms. The molecule has 8 heteroatoms. The van der Waals surface area contributed by atoms with Crippen LogP contribution in [0, 0.1) is 25.5 Å². The van der Waals surface area contributed by atoms with Crippen molar-refractivity contribution >= 4 is 11.4 Å². The molecule has 1 aliphatic heterocycles. The third-order valence-corrected chi connectivity index (χ3v) is 7.09. The Morgan fingerprint density at radius 1 is 1.00 bits per heavy atom. The zero-order valence-electron chi connectivity index (χ0n) is 21.9. The van der Waals surface area contributed by atoms with Crippen LogP contribution in [0.2, 0.25) is 0 Å². The van der Waals surface area contributed by atoms with Crippen molar-refractivity contribution < 1.29 is 27.8 Å². The number of carbonyl (C=O) groups excluding carboxylic acids is 1. The Balaban J connectivity index is 1.48. The number of imidazole rings is 1. The lowest BCUT2D eigenvalue weighted by atomic mass is 9.74. The van der Waals surface area contributed by atoms with E-state index in [1.54, 1.807) is 29.7 Å². The molecule has 38 heavy (non-hydrogen) atoms. The van der Waals surface area contributed by atoms with Crippen LogP contribution in [-0.2, 0) is 21.5 Å². The van der Waals surface area contributed by atoms with Gasteiger partial charge in [0.2, 0.25) is 0 Å². The van der Waals surface area contributed by atoms with Crippen molar-refractivity contribution in [1.29, 1.82) is 0 Å². The molecule has 3 heterocycles. The number of aromatic nitrogens is 2. The van der Waals surface area contributed by atoms with Gasteiger partial charge in [-0.2, -0.15) is 0 Å². The Kier molecular flexibility index (Phi) is 6.79. The lowest BCUT2D eigenvalue weighted by Crippen LogP contribution is -2.50. The van der Waals surface area contributed by atoms with Crippen LogP contribution in [0.1, 0.15) is 53.1 Å².